The van der Waals surface area contributed by atoms with E-state index < -0.39 is 5.97 Å². The number of carbonyl (C=O) groups is 2. The SMILES string of the molecule is CCCN[C@@H](C)C(=O)Nc1c(C)csc1C(=O)OC.Cl. The molecular formula is C13H21ClN2O3S. The van der Waals surface area contributed by atoms with Crippen molar-refractivity contribution in [1.29, 1.82) is 0 Å². The maximum Gasteiger partial charge on any atom is 0.350 e. The summed E-state index contributed by atoms with van der Waals surface area (Å²) in [6.45, 7) is 6.46. The molecule has 0 spiro atoms. The van der Waals surface area contributed by atoms with Gasteiger partial charge < -0.3 is 15.4 Å². The predicted octanol–water partition coefficient (Wildman–Crippen LogP) is 2.59. The fourth-order valence-corrected chi connectivity index (χ4v) is 2.45. The predicted molar refractivity (Wildman–Crippen MR) is 84.0 cm³/mol. The smallest absolute Gasteiger partial charge is 0.350 e. The zero-order chi connectivity index (χ0) is 14.4. The average Bonchev–Trinajstić information content (AvgIpc) is 2.76. The van der Waals surface area contributed by atoms with Gasteiger partial charge in [-0.05, 0) is 37.8 Å². The Morgan fingerprint density at radius 3 is 2.65 bits per heavy atom. The van der Waals surface area contributed by atoms with Crippen LogP contribution in [0.3, 0.4) is 0 Å². The number of hydrogen-bond donors (Lipinski definition) is 2. The highest BCUT2D eigenvalue weighted by Crippen LogP contribution is 2.28. The van der Waals surface area contributed by atoms with E-state index in [4.69, 9.17) is 4.74 Å². The van der Waals surface area contributed by atoms with Gasteiger partial charge in [0.2, 0.25) is 5.91 Å². The number of carbonyl (C=O) groups excluding carboxylic acids is 2. The number of thiophene rings is 1. The van der Waals surface area contributed by atoms with Gasteiger partial charge in [0.05, 0.1) is 18.8 Å². The third-order valence-corrected chi connectivity index (χ3v) is 3.77. The Balaban J connectivity index is 0.00000361. The van der Waals surface area contributed by atoms with Gasteiger partial charge in [0.15, 0.2) is 0 Å². The van der Waals surface area contributed by atoms with Crippen molar-refractivity contribution in [3.05, 3.63) is 15.8 Å². The van der Waals surface area contributed by atoms with Crippen LogP contribution in [0.2, 0.25) is 0 Å². The van der Waals surface area contributed by atoms with E-state index in [0.717, 1.165) is 18.5 Å². The molecule has 0 radical (unpaired) electrons. The molecule has 0 aromatic carbocycles. The van der Waals surface area contributed by atoms with Gasteiger partial charge in [-0.25, -0.2) is 4.79 Å². The fourth-order valence-electron chi connectivity index (χ4n) is 1.53. The largest absolute Gasteiger partial charge is 0.465 e. The lowest BCUT2D eigenvalue weighted by atomic mass is 10.2. The minimum absolute atomic E-state index is 0. The second kappa shape index (κ2) is 8.94. The average molecular weight is 321 g/mol. The van der Waals surface area contributed by atoms with Crippen LogP contribution in [0.5, 0.6) is 0 Å². The fraction of sp³-hybridized carbons (Fsp3) is 0.538. The van der Waals surface area contributed by atoms with Gasteiger partial charge in [-0.15, -0.1) is 23.7 Å². The summed E-state index contributed by atoms with van der Waals surface area (Å²) in [5.41, 5.74) is 1.41. The maximum atomic E-state index is 12.0. The Morgan fingerprint density at radius 2 is 2.10 bits per heavy atom. The molecule has 1 aromatic heterocycles. The minimum atomic E-state index is -0.428. The van der Waals surface area contributed by atoms with Crippen molar-refractivity contribution in [2.24, 2.45) is 0 Å². The van der Waals surface area contributed by atoms with Crippen LogP contribution in [0.4, 0.5) is 5.69 Å². The zero-order valence-electron chi connectivity index (χ0n) is 12.1. The van der Waals surface area contributed by atoms with Crippen molar-refractivity contribution in [3.8, 4) is 0 Å². The van der Waals surface area contributed by atoms with Gasteiger partial charge in [0.1, 0.15) is 4.88 Å². The van der Waals surface area contributed by atoms with E-state index >= 15 is 0 Å². The maximum absolute atomic E-state index is 12.0. The number of hydrogen-bond acceptors (Lipinski definition) is 5. The molecule has 5 nitrogen and oxygen atoms in total. The number of methoxy groups -OCH3 is 1. The molecule has 7 heteroatoms. The molecule has 1 rings (SSSR count). The number of nitrogens with one attached hydrogen (secondary N) is 2. The number of ether oxygens (including phenoxy) is 1. The third-order valence-electron chi connectivity index (χ3n) is 2.69. The summed E-state index contributed by atoms with van der Waals surface area (Å²) in [7, 11) is 1.33. The van der Waals surface area contributed by atoms with Gasteiger partial charge in [0.25, 0.3) is 0 Å². The second-order valence-corrected chi connectivity index (χ2v) is 5.16. The molecule has 0 aliphatic carbocycles. The van der Waals surface area contributed by atoms with E-state index in [0.29, 0.717) is 10.6 Å². The van der Waals surface area contributed by atoms with Crippen molar-refractivity contribution in [3.63, 3.8) is 0 Å². The first-order valence-electron chi connectivity index (χ1n) is 6.21. The van der Waals surface area contributed by atoms with Crippen molar-refractivity contribution in [1.82, 2.24) is 5.32 Å². The number of rotatable bonds is 6. The lowest BCUT2D eigenvalue weighted by molar-refractivity contribution is -0.117. The van der Waals surface area contributed by atoms with Crippen LogP contribution in [-0.4, -0.2) is 31.6 Å². The lowest BCUT2D eigenvalue weighted by Gasteiger charge is -2.14. The monoisotopic (exact) mass is 320 g/mol. The molecule has 20 heavy (non-hydrogen) atoms. The molecule has 0 aliphatic heterocycles. The van der Waals surface area contributed by atoms with Crippen molar-refractivity contribution in [2.75, 3.05) is 19.0 Å². The van der Waals surface area contributed by atoms with Crippen molar-refractivity contribution in [2.45, 2.75) is 33.2 Å². The molecule has 1 heterocycles. The second-order valence-electron chi connectivity index (χ2n) is 4.28. The molecule has 0 unspecified atom stereocenters. The summed E-state index contributed by atoms with van der Waals surface area (Å²) in [4.78, 5) is 24.0. The normalized spacial score (nSPS) is 11.4. The molecule has 0 aliphatic rings. The number of esters is 1. The molecular weight excluding hydrogens is 300 g/mol. The van der Waals surface area contributed by atoms with Gasteiger partial charge in [0, 0.05) is 0 Å². The molecule has 114 valence electrons. The Labute approximate surface area is 129 Å². The number of amides is 1. The topological polar surface area (TPSA) is 67.4 Å². The van der Waals surface area contributed by atoms with E-state index in [1.807, 2.05) is 19.2 Å². The molecule has 0 saturated heterocycles. The summed E-state index contributed by atoms with van der Waals surface area (Å²) in [5, 5.41) is 7.72. The van der Waals surface area contributed by atoms with Crippen LogP contribution in [0, 0.1) is 6.92 Å². The Hall–Kier alpha value is -1.11. The van der Waals surface area contributed by atoms with E-state index in [1.54, 1.807) is 6.92 Å². The highest BCUT2D eigenvalue weighted by Gasteiger charge is 2.20. The number of halogens is 1. The quantitative estimate of drug-likeness (QED) is 0.791. The molecule has 1 atom stereocenters. The van der Waals surface area contributed by atoms with Crippen LogP contribution in [0.25, 0.3) is 0 Å². The molecule has 1 amide bonds. The minimum Gasteiger partial charge on any atom is -0.465 e. The first-order chi connectivity index (χ1) is 9.01. The Morgan fingerprint density at radius 1 is 1.45 bits per heavy atom. The summed E-state index contributed by atoms with van der Waals surface area (Å²) in [5.74, 6) is -0.581. The number of anilines is 1. The summed E-state index contributed by atoms with van der Waals surface area (Å²) in [6.07, 6.45) is 0.961. The molecule has 1 aromatic rings. The Bertz CT molecular complexity index is 462. The summed E-state index contributed by atoms with van der Waals surface area (Å²) >= 11 is 1.27. The van der Waals surface area contributed by atoms with E-state index in [1.165, 1.54) is 18.4 Å². The molecule has 0 saturated carbocycles. The van der Waals surface area contributed by atoms with Gasteiger partial charge >= 0.3 is 5.97 Å². The van der Waals surface area contributed by atoms with Crippen LogP contribution in [0.1, 0.15) is 35.5 Å². The van der Waals surface area contributed by atoms with Crippen molar-refractivity contribution < 1.29 is 14.3 Å². The van der Waals surface area contributed by atoms with Gasteiger partial charge in [-0.1, -0.05) is 6.92 Å². The molecule has 0 fully saturated rings. The standard InChI is InChI=1S/C13H20N2O3S.ClH/c1-5-6-14-9(3)12(16)15-10-8(2)7-19-11(10)13(17)18-4;/h7,9,14H,5-6H2,1-4H3,(H,15,16);1H/t9-;/m0./s1. The first-order valence-corrected chi connectivity index (χ1v) is 7.09. The van der Waals surface area contributed by atoms with Gasteiger partial charge in [-0.3, -0.25) is 4.79 Å². The van der Waals surface area contributed by atoms with Crippen molar-refractivity contribution >= 4 is 41.3 Å². The molecule has 2 N–H and O–H groups in total. The summed E-state index contributed by atoms with van der Waals surface area (Å²) in [6, 6.07) is -0.301. The van der Waals surface area contributed by atoms with E-state index in [9.17, 15) is 9.59 Å². The molecule has 0 bridgehead atoms. The van der Waals surface area contributed by atoms with Crippen LogP contribution in [0.15, 0.2) is 5.38 Å². The highest BCUT2D eigenvalue weighted by molar-refractivity contribution is 7.12. The van der Waals surface area contributed by atoms with Crippen LogP contribution >= 0.6 is 23.7 Å². The number of aryl methyl sites for hydroxylation is 1. The zero-order valence-corrected chi connectivity index (χ0v) is 13.7. The van der Waals surface area contributed by atoms with Crippen LogP contribution < -0.4 is 10.6 Å². The third kappa shape index (κ3) is 4.77. The first kappa shape index (κ1) is 18.9. The van der Waals surface area contributed by atoms with Gasteiger partial charge in [-0.2, -0.15) is 0 Å². The Kier molecular flexibility index (Phi) is 8.45. The lowest BCUT2D eigenvalue weighted by Crippen LogP contribution is -2.38. The van der Waals surface area contributed by atoms with Crippen LogP contribution in [-0.2, 0) is 9.53 Å². The summed E-state index contributed by atoms with van der Waals surface area (Å²) < 4.78 is 4.70. The van der Waals surface area contributed by atoms with E-state index in [2.05, 4.69) is 10.6 Å². The highest BCUT2D eigenvalue weighted by atomic mass is 35.5. The van der Waals surface area contributed by atoms with E-state index in [-0.39, 0.29) is 24.4 Å².